The molecular formula is C57H54Cl4N6O7S2. The van der Waals surface area contributed by atoms with Crippen LogP contribution in [0.25, 0.3) is 56.1 Å². The average molecular weight is 1140 g/mol. The van der Waals surface area contributed by atoms with Crippen molar-refractivity contribution in [2.75, 3.05) is 45.8 Å². The van der Waals surface area contributed by atoms with Crippen LogP contribution in [0, 0.1) is 13.8 Å². The van der Waals surface area contributed by atoms with Crippen molar-refractivity contribution in [2.45, 2.75) is 49.3 Å². The number of rotatable bonds is 10. The van der Waals surface area contributed by atoms with Crippen molar-refractivity contribution >= 4 is 78.0 Å². The van der Waals surface area contributed by atoms with E-state index >= 15 is 0 Å². The van der Waals surface area contributed by atoms with Crippen LogP contribution >= 0.6 is 46.4 Å². The first-order valence-electron chi connectivity index (χ1n) is 24.2. The highest BCUT2D eigenvalue weighted by Gasteiger charge is 2.27. The Morgan fingerprint density at radius 1 is 0.526 bits per heavy atom. The molecule has 2 aromatic heterocycles. The summed E-state index contributed by atoms with van der Waals surface area (Å²) >= 11 is 26.0. The number of hydrogen-bond donors (Lipinski definition) is 1. The predicted molar refractivity (Wildman–Crippen MR) is 303 cm³/mol. The smallest absolute Gasteiger partial charge is 0.358 e. The molecule has 13 nitrogen and oxygen atoms in total. The van der Waals surface area contributed by atoms with Crippen LogP contribution in [0.3, 0.4) is 0 Å². The van der Waals surface area contributed by atoms with Gasteiger partial charge in [-0.3, -0.25) is 4.79 Å². The SMILES string of the molecule is C1CCNC1.COC(=O)c1cc(-c2ccc(-c3cccc(S(C)(=O)=O)c3)cc2C)n(-c2c(Cl)cccc2Cl)n1.Cc1cc(-c2cccc(S(C)(=O)=O)c2)ccc1-c1cc(C(=O)N2CCCC2)nn1-c1c(Cl)cccc1Cl. The summed E-state index contributed by atoms with van der Waals surface area (Å²) in [6.45, 7) is 7.82. The minimum absolute atomic E-state index is 0.109. The lowest BCUT2D eigenvalue weighted by Crippen LogP contribution is -2.28. The highest BCUT2D eigenvalue weighted by Crippen LogP contribution is 2.38. The molecule has 0 spiro atoms. The van der Waals surface area contributed by atoms with Crippen LogP contribution in [-0.4, -0.2) is 99.0 Å². The highest BCUT2D eigenvalue weighted by molar-refractivity contribution is 7.91. The van der Waals surface area contributed by atoms with Crippen LogP contribution < -0.4 is 5.32 Å². The number of aryl methyl sites for hydroxylation is 2. The maximum absolute atomic E-state index is 13.2. The van der Waals surface area contributed by atoms with E-state index in [4.69, 9.17) is 51.1 Å². The average Bonchev–Trinajstić information content (AvgIpc) is 4.26. The van der Waals surface area contributed by atoms with Gasteiger partial charge in [0.05, 0.1) is 48.4 Å². The number of carbonyl (C=O) groups is 2. The molecule has 6 aromatic carbocycles. The molecule has 4 heterocycles. The minimum atomic E-state index is -3.33. The number of para-hydroxylation sites is 2. The summed E-state index contributed by atoms with van der Waals surface area (Å²) < 4.78 is 56.0. The van der Waals surface area contributed by atoms with Crippen molar-refractivity contribution in [3.8, 4) is 56.1 Å². The number of ether oxygens (including phenoxy) is 1. The Kier molecular flexibility index (Phi) is 17.6. The normalized spacial score (nSPS) is 13.4. The third-order valence-corrected chi connectivity index (χ3v) is 16.3. The number of nitrogens with zero attached hydrogens (tertiary/aromatic N) is 5. The highest BCUT2D eigenvalue weighted by atomic mass is 35.5. The Balaban J connectivity index is 0.000000185. The molecule has 10 rings (SSSR count). The summed E-state index contributed by atoms with van der Waals surface area (Å²) in [4.78, 5) is 27.8. The maximum Gasteiger partial charge on any atom is 0.358 e. The summed E-state index contributed by atoms with van der Waals surface area (Å²) in [7, 11) is -5.37. The lowest BCUT2D eigenvalue weighted by molar-refractivity contribution is 0.0593. The Hall–Kier alpha value is -6.30. The number of methoxy groups -OCH3 is 1. The standard InChI is InChI=1S/C28H25Cl2N3O3S.C25H20Cl2N2O4S.C4H9N/c1-18-15-20(19-7-5-8-21(16-19)37(2,35)36)11-12-22(18)26-17-25(28(34)32-13-3-4-14-32)31-33(26)27-23(29)9-6-10-24(27)30;1-15-12-17(16-6-4-7-18(13-16)34(3,31)32)10-11-19(15)23-14-22(25(30)33-2)28-29(23)24-20(26)8-5-9-21(24)27;1-2-4-5-3-1/h5-12,15-17H,3-4,13-14H2,1-2H3;4-14H,1-3H3;5H,1-4H2. The number of benzene rings is 6. The van der Waals surface area contributed by atoms with Crippen LogP contribution in [0.4, 0.5) is 0 Å². The van der Waals surface area contributed by atoms with Gasteiger partial charge in [0.1, 0.15) is 11.4 Å². The van der Waals surface area contributed by atoms with E-state index < -0.39 is 25.6 Å². The monoisotopic (exact) mass is 1140 g/mol. The summed E-state index contributed by atoms with van der Waals surface area (Å²) in [6, 6.07) is 39.0. The Morgan fingerprint density at radius 3 is 1.30 bits per heavy atom. The van der Waals surface area contributed by atoms with Gasteiger partial charge in [0.15, 0.2) is 31.1 Å². The van der Waals surface area contributed by atoms with E-state index in [1.54, 1.807) is 89.6 Å². The van der Waals surface area contributed by atoms with Crippen molar-refractivity contribution in [1.29, 1.82) is 0 Å². The lowest BCUT2D eigenvalue weighted by Gasteiger charge is -2.14. The Labute approximate surface area is 463 Å². The Bertz CT molecular complexity index is 3670. The molecule has 0 bridgehead atoms. The molecule has 0 aliphatic carbocycles. The number of nitrogens with one attached hydrogen (secondary N) is 1. The van der Waals surface area contributed by atoms with Gasteiger partial charge in [-0.15, -0.1) is 0 Å². The first-order valence-corrected chi connectivity index (χ1v) is 29.5. The van der Waals surface area contributed by atoms with Gasteiger partial charge in [0.2, 0.25) is 0 Å². The van der Waals surface area contributed by atoms with Crippen LogP contribution in [-0.2, 0) is 24.4 Å². The van der Waals surface area contributed by atoms with Crippen LogP contribution in [0.15, 0.2) is 143 Å². The minimum Gasteiger partial charge on any atom is -0.464 e. The van der Waals surface area contributed by atoms with Gasteiger partial charge >= 0.3 is 5.97 Å². The van der Waals surface area contributed by atoms with E-state index in [0.717, 1.165) is 57.3 Å². The van der Waals surface area contributed by atoms with Gasteiger partial charge in [0, 0.05) is 36.7 Å². The first kappa shape index (κ1) is 55.9. The molecule has 394 valence electrons. The zero-order valence-corrected chi connectivity index (χ0v) is 46.9. The maximum atomic E-state index is 13.2. The fourth-order valence-electron chi connectivity index (χ4n) is 8.96. The van der Waals surface area contributed by atoms with Crippen LogP contribution in [0.2, 0.25) is 20.1 Å². The number of halogens is 4. The number of aromatic nitrogens is 4. The zero-order chi connectivity index (χ0) is 54.5. The number of sulfone groups is 2. The van der Waals surface area contributed by atoms with Gasteiger partial charge in [-0.2, -0.15) is 10.2 Å². The topological polar surface area (TPSA) is 163 Å². The number of amides is 1. The molecular weight excluding hydrogens is 1090 g/mol. The van der Waals surface area contributed by atoms with Crippen molar-refractivity contribution in [2.24, 2.45) is 0 Å². The second-order valence-electron chi connectivity index (χ2n) is 18.4. The molecule has 2 fully saturated rings. The van der Waals surface area contributed by atoms with E-state index in [-0.39, 0.29) is 21.4 Å². The third-order valence-electron chi connectivity index (χ3n) is 12.9. The molecule has 1 amide bonds. The van der Waals surface area contributed by atoms with E-state index in [2.05, 4.69) is 15.5 Å². The van der Waals surface area contributed by atoms with Gasteiger partial charge < -0.3 is 15.0 Å². The molecule has 2 aliphatic heterocycles. The molecule has 0 saturated carbocycles. The van der Waals surface area contributed by atoms with Gasteiger partial charge in [-0.05, 0) is 147 Å². The first-order chi connectivity index (χ1) is 36.2. The van der Waals surface area contributed by atoms with Crippen LogP contribution in [0.5, 0.6) is 0 Å². The van der Waals surface area contributed by atoms with Crippen molar-refractivity contribution in [3.63, 3.8) is 0 Å². The molecule has 0 unspecified atom stereocenters. The van der Waals surface area contributed by atoms with Crippen molar-refractivity contribution < 1.29 is 31.2 Å². The van der Waals surface area contributed by atoms with Gasteiger partial charge in [-0.25, -0.2) is 31.0 Å². The van der Waals surface area contributed by atoms with Crippen molar-refractivity contribution in [1.82, 2.24) is 29.8 Å². The van der Waals surface area contributed by atoms with Crippen LogP contribution in [0.1, 0.15) is 57.8 Å². The molecule has 0 atom stereocenters. The molecule has 8 aromatic rings. The van der Waals surface area contributed by atoms with E-state index in [9.17, 15) is 26.4 Å². The number of esters is 1. The lowest BCUT2D eigenvalue weighted by atomic mass is 9.98. The summed E-state index contributed by atoms with van der Waals surface area (Å²) in [5.41, 5.74) is 9.42. The summed E-state index contributed by atoms with van der Waals surface area (Å²) in [5.74, 6) is -0.706. The fourth-order valence-corrected chi connectivity index (χ4v) is 11.4. The summed E-state index contributed by atoms with van der Waals surface area (Å²) in [6.07, 6.45) is 7.12. The molecule has 19 heteroatoms. The second kappa shape index (κ2) is 23.9. The Morgan fingerprint density at radius 2 is 0.921 bits per heavy atom. The second-order valence-corrected chi connectivity index (χ2v) is 24.1. The molecule has 2 aliphatic rings. The molecule has 76 heavy (non-hydrogen) atoms. The van der Waals surface area contributed by atoms with E-state index in [1.807, 2.05) is 67.3 Å². The van der Waals surface area contributed by atoms with Gasteiger partial charge in [-0.1, -0.05) is 119 Å². The third kappa shape index (κ3) is 12.7. The number of carbonyl (C=O) groups excluding carboxylic acids is 2. The number of likely N-dealkylation sites (tertiary alicyclic amines) is 1. The van der Waals surface area contributed by atoms with E-state index in [1.165, 1.54) is 50.2 Å². The fraction of sp³-hybridized carbons (Fsp3) is 0.228. The van der Waals surface area contributed by atoms with Crippen molar-refractivity contribution in [3.05, 3.63) is 176 Å². The molecule has 0 radical (unpaired) electrons. The molecule has 1 N–H and O–H groups in total. The number of hydrogen-bond acceptors (Lipinski definition) is 10. The van der Waals surface area contributed by atoms with Gasteiger partial charge in [0.25, 0.3) is 5.91 Å². The quantitative estimate of drug-likeness (QED) is 0.130. The summed E-state index contributed by atoms with van der Waals surface area (Å²) in [5, 5.41) is 13.9. The largest absolute Gasteiger partial charge is 0.464 e. The zero-order valence-electron chi connectivity index (χ0n) is 42.3. The predicted octanol–water partition coefficient (Wildman–Crippen LogP) is 12.8. The van der Waals surface area contributed by atoms with E-state index in [0.29, 0.717) is 61.6 Å². The molecule has 2 saturated heterocycles.